The van der Waals surface area contributed by atoms with Crippen LogP contribution in [0, 0.1) is 5.82 Å². The third-order valence-electron chi connectivity index (χ3n) is 3.28. The van der Waals surface area contributed by atoms with Crippen molar-refractivity contribution in [3.05, 3.63) is 53.3 Å². The maximum Gasteiger partial charge on any atom is 0.264 e. The van der Waals surface area contributed by atoms with Crippen molar-refractivity contribution >= 4 is 21.8 Å². The Hall–Kier alpha value is -2.94. The minimum Gasteiger partial charge on any atom is -0.496 e. The highest BCUT2D eigenvalue weighted by Gasteiger charge is 2.20. The molecule has 0 aliphatic rings. The Balaban J connectivity index is 2.54. The number of halogens is 1. The highest BCUT2D eigenvalue weighted by atomic mass is 32.2. The second-order valence-corrected chi connectivity index (χ2v) is 6.90. The summed E-state index contributed by atoms with van der Waals surface area (Å²) >= 11 is 0. The van der Waals surface area contributed by atoms with Crippen LogP contribution < -0.4 is 15.2 Å². The second-order valence-electron chi connectivity index (χ2n) is 5.15. The molecule has 0 bridgehead atoms. The highest BCUT2D eigenvalue weighted by molar-refractivity contribution is 7.89. The summed E-state index contributed by atoms with van der Waals surface area (Å²) in [5, 5.41) is 0. The first-order valence-corrected chi connectivity index (χ1v) is 8.82. The molecule has 2 amide bonds. The van der Waals surface area contributed by atoms with Crippen LogP contribution in [0.15, 0.2) is 36.4 Å². The molecule has 0 aromatic heterocycles. The molecule has 0 atom stereocenters. The van der Waals surface area contributed by atoms with Gasteiger partial charge in [0.05, 0.1) is 13.4 Å². The second kappa shape index (κ2) is 6.89. The lowest BCUT2D eigenvalue weighted by atomic mass is 9.99. The molecule has 132 valence electrons. The van der Waals surface area contributed by atoms with Crippen molar-refractivity contribution in [2.24, 2.45) is 5.73 Å². The lowest BCUT2D eigenvalue weighted by Gasteiger charge is -2.11. The number of primary amides is 1. The van der Waals surface area contributed by atoms with Crippen LogP contribution in [0.25, 0.3) is 11.1 Å². The number of rotatable bonds is 5. The molecule has 0 spiro atoms. The van der Waals surface area contributed by atoms with Gasteiger partial charge in [-0.3, -0.25) is 9.59 Å². The molecule has 0 unspecified atom stereocenters. The van der Waals surface area contributed by atoms with Crippen molar-refractivity contribution in [2.45, 2.75) is 0 Å². The van der Waals surface area contributed by atoms with E-state index in [2.05, 4.69) is 0 Å². The third kappa shape index (κ3) is 4.13. The first-order valence-electron chi connectivity index (χ1n) is 6.93. The van der Waals surface area contributed by atoms with E-state index in [1.54, 1.807) is 0 Å². The number of methoxy groups -OCH3 is 1. The van der Waals surface area contributed by atoms with Crippen molar-refractivity contribution < 1.29 is 27.1 Å². The molecule has 0 heterocycles. The molecule has 0 aliphatic carbocycles. The van der Waals surface area contributed by atoms with Gasteiger partial charge in [0, 0.05) is 11.1 Å². The first kappa shape index (κ1) is 18.4. The molecule has 2 aromatic carbocycles. The fraction of sp³-hybridized carbons (Fsp3) is 0.125. The van der Waals surface area contributed by atoms with Gasteiger partial charge in [-0.15, -0.1) is 0 Å². The summed E-state index contributed by atoms with van der Waals surface area (Å²) in [7, 11) is -2.46. The molecule has 2 rings (SSSR count). The number of sulfonamides is 1. The molecule has 3 N–H and O–H groups in total. The Morgan fingerprint density at radius 2 is 1.88 bits per heavy atom. The standard InChI is InChI=1S/C16H15FN2O5S/c1-24-12-7-6-11(14(17)13(12)15(18)20)9-4-3-5-10(8-9)16(21)19-25(2,22)23/h3-8H,1-2H3,(H2,18,20)(H,19,21). The number of nitrogens with two attached hydrogens (primary N) is 1. The molecule has 0 radical (unpaired) electrons. The minimum atomic E-state index is -3.74. The number of hydrogen-bond donors (Lipinski definition) is 2. The topological polar surface area (TPSA) is 116 Å². The van der Waals surface area contributed by atoms with Crippen LogP contribution in [0.1, 0.15) is 20.7 Å². The van der Waals surface area contributed by atoms with Crippen LogP contribution in [0.5, 0.6) is 5.75 Å². The van der Waals surface area contributed by atoms with E-state index in [1.807, 2.05) is 4.72 Å². The summed E-state index contributed by atoms with van der Waals surface area (Å²) in [5.74, 6) is -2.76. The van der Waals surface area contributed by atoms with E-state index in [0.29, 0.717) is 0 Å². The lowest BCUT2D eigenvalue weighted by Crippen LogP contribution is -2.29. The minimum absolute atomic E-state index is 0.0127. The van der Waals surface area contributed by atoms with Crippen molar-refractivity contribution in [3.8, 4) is 16.9 Å². The molecule has 0 aliphatic heterocycles. The third-order valence-corrected chi connectivity index (χ3v) is 3.84. The van der Waals surface area contributed by atoms with Crippen LogP contribution >= 0.6 is 0 Å². The van der Waals surface area contributed by atoms with Gasteiger partial charge in [-0.25, -0.2) is 17.5 Å². The maximum atomic E-state index is 14.7. The Morgan fingerprint density at radius 3 is 2.44 bits per heavy atom. The van der Waals surface area contributed by atoms with Crippen LogP contribution in [0.2, 0.25) is 0 Å². The predicted molar refractivity (Wildman–Crippen MR) is 89.2 cm³/mol. The molecule has 0 saturated heterocycles. The van der Waals surface area contributed by atoms with Crippen molar-refractivity contribution in [3.63, 3.8) is 0 Å². The average Bonchev–Trinajstić information content (AvgIpc) is 2.52. The molecule has 2 aromatic rings. The van der Waals surface area contributed by atoms with Gasteiger partial charge in [-0.1, -0.05) is 12.1 Å². The van der Waals surface area contributed by atoms with Gasteiger partial charge in [-0.2, -0.15) is 0 Å². The number of carbonyl (C=O) groups excluding carboxylic acids is 2. The van der Waals surface area contributed by atoms with Crippen molar-refractivity contribution in [1.29, 1.82) is 0 Å². The number of hydrogen-bond acceptors (Lipinski definition) is 5. The van der Waals surface area contributed by atoms with E-state index in [0.717, 1.165) is 6.26 Å². The molecule has 0 fully saturated rings. The SMILES string of the molecule is COc1ccc(-c2cccc(C(=O)NS(C)(=O)=O)c2)c(F)c1C(N)=O. The molecule has 9 heteroatoms. The number of carbonyl (C=O) groups is 2. The number of amides is 2. The van der Waals surface area contributed by atoms with Gasteiger partial charge < -0.3 is 10.5 Å². The molecule has 0 saturated carbocycles. The van der Waals surface area contributed by atoms with E-state index in [9.17, 15) is 22.4 Å². The summed E-state index contributed by atoms with van der Waals surface area (Å²) in [6, 6.07) is 8.39. The summed E-state index contributed by atoms with van der Waals surface area (Å²) < 4.78 is 43.7. The van der Waals surface area contributed by atoms with Gasteiger partial charge >= 0.3 is 0 Å². The Kier molecular flexibility index (Phi) is 5.07. The monoisotopic (exact) mass is 366 g/mol. The van der Waals surface area contributed by atoms with Crippen LogP contribution in [-0.2, 0) is 10.0 Å². The van der Waals surface area contributed by atoms with E-state index in [-0.39, 0.29) is 22.4 Å². The fourth-order valence-electron chi connectivity index (χ4n) is 2.24. The Labute approximate surface area is 143 Å². The van der Waals surface area contributed by atoms with Gasteiger partial charge in [-0.05, 0) is 29.8 Å². The number of nitrogens with one attached hydrogen (secondary N) is 1. The van der Waals surface area contributed by atoms with Gasteiger partial charge in [0.25, 0.3) is 11.8 Å². The summed E-state index contributed by atoms with van der Waals surface area (Å²) in [5.41, 5.74) is 5.08. The maximum absolute atomic E-state index is 14.7. The zero-order valence-electron chi connectivity index (χ0n) is 13.4. The van der Waals surface area contributed by atoms with Gasteiger partial charge in [0.2, 0.25) is 10.0 Å². The highest BCUT2D eigenvalue weighted by Crippen LogP contribution is 2.31. The quantitative estimate of drug-likeness (QED) is 0.827. The van der Waals surface area contributed by atoms with E-state index < -0.39 is 33.2 Å². The van der Waals surface area contributed by atoms with Crippen LogP contribution in [0.4, 0.5) is 4.39 Å². The number of ether oxygens (including phenoxy) is 1. The van der Waals surface area contributed by atoms with E-state index in [1.165, 1.54) is 43.5 Å². The average molecular weight is 366 g/mol. The zero-order valence-corrected chi connectivity index (χ0v) is 14.2. The summed E-state index contributed by atoms with van der Waals surface area (Å²) in [6.45, 7) is 0. The Morgan fingerprint density at radius 1 is 1.20 bits per heavy atom. The van der Waals surface area contributed by atoms with E-state index in [4.69, 9.17) is 10.5 Å². The van der Waals surface area contributed by atoms with Crippen molar-refractivity contribution in [2.75, 3.05) is 13.4 Å². The normalized spacial score (nSPS) is 11.0. The lowest BCUT2D eigenvalue weighted by molar-refractivity contribution is 0.0976. The fourth-order valence-corrected chi connectivity index (χ4v) is 2.69. The first-order chi connectivity index (χ1) is 11.6. The Bertz CT molecular complexity index is 957. The number of benzene rings is 2. The molecule has 7 nitrogen and oxygen atoms in total. The largest absolute Gasteiger partial charge is 0.496 e. The predicted octanol–water partition coefficient (Wildman–Crippen LogP) is 1.29. The summed E-state index contributed by atoms with van der Waals surface area (Å²) in [4.78, 5) is 23.4. The van der Waals surface area contributed by atoms with Crippen LogP contribution in [-0.4, -0.2) is 33.6 Å². The van der Waals surface area contributed by atoms with E-state index >= 15 is 0 Å². The zero-order chi connectivity index (χ0) is 18.8. The smallest absolute Gasteiger partial charge is 0.264 e. The van der Waals surface area contributed by atoms with Gasteiger partial charge in [0.15, 0.2) is 0 Å². The van der Waals surface area contributed by atoms with Crippen LogP contribution in [0.3, 0.4) is 0 Å². The van der Waals surface area contributed by atoms with Crippen molar-refractivity contribution in [1.82, 2.24) is 4.72 Å². The van der Waals surface area contributed by atoms with Gasteiger partial charge in [0.1, 0.15) is 17.1 Å². The molecular formula is C16H15FN2O5S. The molecule has 25 heavy (non-hydrogen) atoms. The summed E-state index contributed by atoms with van der Waals surface area (Å²) in [6.07, 6.45) is 0.844. The molecular weight excluding hydrogens is 351 g/mol.